The molecule has 2 N–H and O–H groups in total. The van der Waals surface area contributed by atoms with E-state index < -0.39 is 0 Å². The number of fused-ring (bicyclic) bond motifs is 2. The van der Waals surface area contributed by atoms with Crippen molar-refractivity contribution >= 4 is 5.91 Å². The van der Waals surface area contributed by atoms with Crippen molar-refractivity contribution in [2.45, 2.75) is 43.8 Å². The van der Waals surface area contributed by atoms with Gasteiger partial charge in [-0.1, -0.05) is 0 Å². The fraction of sp³-hybridized carbons (Fsp3) is 0.500. The summed E-state index contributed by atoms with van der Waals surface area (Å²) >= 11 is 0. The number of halogens is 1. The zero-order chi connectivity index (χ0) is 12.7. The molecule has 1 aromatic carbocycles. The average Bonchev–Trinajstić information content (AvgIpc) is 2.62. The standard InChI is InChI=1S/C14H17FN2O/c15-10-3-1-9(2-4-10)14(18)17-12-5-6-13(17)8-11(16)7-12/h1-4,11-13H,5-8,16H2. The highest BCUT2D eigenvalue weighted by atomic mass is 19.1. The van der Waals surface area contributed by atoms with Crippen molar-refractivity contribution < 1.29 is 9.18 Å². The van der Waals surface area contributed by atoms with Gasteiger partial charge in [0.15, 0.2) is 0 Å². The summed E-state index contributed by atoms with van der Waals surface area (Å²) in [7, 11) is 0. The van der Waals surface area contributed by atoms with E-state index in [-0.39, 0.29) is 29.8 Å². The van der Waals surface area contributed by atoms with Gasteiger partial charge in [-0.25, -0.2) is 4.39 Å². The number of hydrogen-bond donors (Lipinski definition) is 1. The summed E-state index contributed by atoms with van der Waals surface area (Å²) in [5.74, 6) is -0.287. The Bertz CT molecular complexity index is 445. The van der Waals surface area contributed by atoms with E-state index in [0.29, 0.717) is 5.56 Å². The normalized spacial score (nSPS) is 30.6. The van der Waals surface area contributed by atoms with Gasteiger partial charge in [0.1, 0.15) is 5.82 Å². The van der Waals surface area contributed by atoms with Crippen LogP contribution < -0.4 is 5.73 Å². The number of nitrogens with zero attached hydrogens (tertiary/aromatic N) is 1. The minimum absolute atomic E-state index is 0.0226. The molecule has 96 valence electrons. The van der Waals surface area contributed by atoms with Gasteiger partial charge in [0, 0.05) is 23.7 Å². The van der Waals surface area contributed by atoms with Crippen LogP contribution in [-0.2, 0) is 0 Å². The highest BCUT2D eigenvalue weighted by Crippen LogP contribution is 2.36. The number of hydrogen-bond acceptors (Lipinski definition) is 2. The van der Waals surface area contributed by atoms with Crippen LogP contribution in [0, 0.1) is 5.82 Å². The van der Waals surface area contributed by atoms with E-state index in [4.69, 9.17) is 5.73 Å². The Morgan fingerprint density at radius 2 is 1.72 bits per heavy atom. The zero-order valence-corrected chi connectivity index (χ0v) is 10.2. The predicted molar refractivity (Wildman–Crippen MR) is 66.6 cm³/mol. The average molecular weight is 248 g/mol. The van der Waals surface area contributed by atoms with Crippen LogP contribution in [0.5, 0.6) is 0 Å². The summed E-state index contributed by atoms with van der Waals surface area (Å²) < 4.78 is 12.9. The number of nitrogens with two attached hydrogens (primary N) is 1. The molecular formula is C14H17FN2O. The molecule has 2 aliphatic rings. The van der Waals surface area contributed by atoms with Gasteiger partial charge < -0.3 is 10.6 Å². The molecule has 2 saturated heterocycles. The van der Waals surface area contributed by atoms with E-state index >= 15 is 0 Å². The van der Waals surface area contributed by atoms with Crippen molar-refractivity contribution in [3.63, 3.8) is 0 Å². The number of carbonyl (C=O) groups is 1. The first-order chi connectivity index (χ1) is 8.65. The van der Waals surface area contributed by atoms with Gasteiger partial charge >= 0.3 is 0 Å². The predicted octanol–water partition coefficient (Wildman–Crippen LogP) is 1.92. The molecule has 1 amide bonds. The van der Waals surface area contributed by atoms with E-state index in [1.54, 1.807) is 12.1 Å². The van der Waals surface area contributed by atoms with Crippen molar-refractivity contribution in [3.05, 3.63) is 35.6 Å². The first-order valence-corrected chi connectivity index (χ1v) is 6.49. The molecule has 3 nitrogen and oxygen atoms in total. The maximum Gasteiger partial charge on any atom is 0.254 e. The van der Waals surface area contributed by atoms with Crippen molar-refractivity contribution in [2.75, 3.05) is 0 Å². The number of benzene rings is 1. The Morgan fingerprint density at radius 3 is 2.28 bits per heavy atom. The van der Waals surface area contributed by atoms with Crippen LogP contribution in [-0.4, -0.2) is 28.9 Å². The lowest BCUT2D eigenvalue weighted by Gasteiger charge is -2.37. The molecule has 18 heavy (non-hydrogen) atoms. The van der Waals surface area contributed by atoms with E-state index in [0.717, 1.165) is 25.7 Å². The van der Waals surface area contributed by atoms with Crippen LogP contribution in [0.1, 0.15) is 36.0 Å². The largest absolute Gasteiger partial charge is 0.333 e. The van der Waals surface area contributed by atoms with Crippen LogP contribution in [0.25, 0.3) is 0 Å². The van der Waals surface area contributed by atoms with Gasteiger partial charge in [-0.2, -0.15) is 0 Å². The molecule has 4 heteroatoms. The molecule has 2 heterocycles. The summed E-state index contributed by atoms with van der Waals surface area (Å²) in [4.78, 5) is 14.4. The maximum atomic E-state index is 12.9. The topological polar surface area (TPSA) is 46.3 Å². The Morgan fingerprint density at radius 1 is 1.17 bits per heavy atom. The molecule has 2 fully saturated rings. The van der Waals surface area contributed by atoms with Crippen molar-refractivity contribution in [1.82, 2.24) is 4.90 Å². The molecule has 0 spiro atoms. The van der Waals surface area contributed by atoms with E-state index in [2.05, 4.69) is 0 Å². The van der Waals surface area contributed by atoms with E-state index in [9.17, 15) is 9.18 Å². The second-order valence-corrected chi connectivity index (χ2v) is 5.34. The van der Waals surface area contributed by atoms with Gasteiger partial charge in [0.25, 0.3) is 5.91 Å². The SMILES string of the molecule is NC1CC2CCC(C1)N2C(=O)c1ccc(F)cc1. The van der Waals surface area contributed by atoms with Crippen LogP contribution in [0.4, 0.5) is 4.39 Å². The molecule has 0 radical (unpaired) electrons. The van der Waals surface area contributed by atoms with Gasteiger partial charge in [0.2, 0.25) is 0 Å². The summed E-state index contributed by atoms with van der Waals surface area (Å²) in [6, 6.07) is 6.57. The third-order valence-electron chi connectivity index (χ3n) is 4.10. The summed E-state index contributed by atoms with van der Waals surface area (Å²) in [5, 5.41) is 0. The highest BCUT2D eigenvalue weighted by Gasteiger charge is 2.42. The lowest BCUT2D eigenvalue weighted by molar-refractivity contribution is 0.0575. The van der Waals surface area contributed by atoms with Crippen molar-refractivity contribution in [2.24, 2.45) is 5.73 Å². The van der Waals surface area contributed by atoms with Crippen molar-refractivity contribution in [3.8, 4) is 0 Å². The molecule has 2 bridgehead atoms. The fourth-order valence-electron chi connectivity index (χ4n) is 3.29. The van der Waals surface area contributed by atoms with E-state index in [1.165, 1.54) is 12.1 Å². The summed E-state index contributed by atoms with van der Waals surface area (Å²) in [6.07, 6.45) is 3.88. The molecule has 2 aliphatic heterocycles. The molecule has 0 saturated carbocycles. The lowest BCUT2D eigenvalue weighted by atomic mass is 9.97. The van der Waals surface area contributed by atoms with Gasteiger partial charge in [0.05, 0.1) is 0 Å². The van der Waals surface area contributed by atoms with Gasteiger partial charge in [-0.15, -0.1) is 0 Å². The summed E-state index contributed by atoms with van der Waals surface area (Å²) in [5.41, 5.74) is 6.56. The second kappa shape index (κ2) is 4.35. The molecule has 3 rings (SSSR count). The molecule has 0 aromatic heterocycles. The molecule has 1 aromatic rings. The number of piperidine rings is 1. The highest BCUT2D eigenvalue weighted by molar-refractivity contribution is 5.94. The van der Waals surface area contributed by atoms with Gasteiger partial charge in [-0.3, -0.25) is 4.79 Å². The minimum Gasteiger partial charge on any atom is -0.333 e. The maximum absolute atomic E-state index is 12.9. The van der Waals surface area contributed by atoms with Crippen molar-refractivity contribution in [1.29, 1.82) is 0 Å². The first kappa shape index (κ1) is 11.7. The Balaban J connectivity index is 1.83. The Labute approximate surface area is 106 Å². The Hall–Kier alpha value is -1.42. The van der Waals surface area contributed by atoms with E-state index in [1.807, 2.05) is 4.90 Å². The summed E-state index contributed by atoms with van der Waals surface area (Å²) in [6.45, 7) is 0. The number of amides is 1. The fourth-order valence-corrected chi connectivity index (χ4v) is 3.29. The number of rotatable bonds is 1. The molecular weight excluding hydrogens is 231 g/mol. The quantitative estimate of drug-likeness (QED) is 0.825. The van der Waals surface area contributed by atoms with Gasteiger partial charge in [-0.05, 0) is 49.9 Å². The van der Waals surface area contributed by atoms with Crippen LogP contribution in [0.3, 0.4) is 0 Å². The zero-order valence-electron chi connectivity index (χ0n) is 10.2. The number of carbonyl (C=O) groups excluding carboxylic acids is 1. The molecule has 2 unspecified atom stereocenters. The van der Waals surface area contributed by atoms with Crippen LogP contribution >= 0.6 is 0 Å². The monoisotopic (exact) mass is 248 g/mol. The molecule has 2 atom stereocenters. The van der Waals surface area contributed by atoms with Crippen LogP contribution in [0.2, 0.25) is 0 Å². The minimum atomic E-state index is -0.310. The first-order valence-electron chi connectivity index (χ1n) is 6.49. The van der Waals surface area contributed by atoms with Crippen LogP contribution in [0.15, 0.2) is 24.3 Å². The smallest absolute Gasteiger partial charge is 0.254 e. The lowest BCUT2D eigenvalue weighted by Crippen LogP contribution is -2.50. The third kappa shape index (κ3) is 1.90. The second-order valence-electron chi connectivity index (χ2n) is 5.34. The third-order valence-corrected chi connectivity index (χ3v) is 4.10. The Kier molecular flexibility index (Phi) is 2.82. The molecule has 0 aliphatic carbocycles.